The second-order valence-corrected chi connectivity index (χ2v) is 3.16. The molecule has 4 heteroatoms. The van der Waals surface area contributed by atoms with Gasteiger partial charge in [-0.25, -0.2) is 4.98 Å². The van der Waals surface area contributed by atoms with Gasteiger partial charge in [-0.2, -0.15) is 0 Å². The predicted molar refractivity (Wildman–Crippen MR) is 58.3 cm³/mol. The van der Waals surface area contributed by atoms with Crippen LogP contribution in [0.3, 0.4) is 0 Å². The van der Waals surface area contributed by atoms with Crippen molar-refractivity contribution in [1.82, 2.24) is 11.1 Å². The number of rotatable bonds is 3. The topological polar surface area (TPSA) is 78.1 Å². The van der Waals surface area contributed by atoms with Gasteiger partial charge in [-0.05, 0) is 18.6 Å². The lowest BCUT2D eigenvalue weighted by atomic mass is 10.2. The maximum Gasteiger partial charge on any atom is 0.264 e. The molecule has 0 fully saturated rings. The summed E-state index contributed by atoms with van der Waals surface area (Å²) in [5.74, 6) is 0.205. The fourth-order valence-corrected chi connectivity index (χ4v) is 1.33. The predicted octanol–water partition coefficient (Wildman–Crippen LogP) is 2.97. The summed E-state index contributed by atoms with van der Waals surface area (Å²) in [6.07, 6.45) is 1.31. The number of nitrogens with zero attached hydrogens (tertiary/aromatic N) is 1. The number of para-hydroxylation sites is 2. The monoisotopic (exact) mass is 206 g/mol. The third-order valence-electron chi connectivity index (χ3n) is 2.01. The van der Waals surface area contributed by atoms with Gasteiger partial charge in [0.25, 0.3) is 5.89 Å². The van der Waals surface area contributed by atoms with Crippen LogP contribution in [0.15, 0.2) is 28.7 Å². The van der Waals surface area contributed by atoms with Crippen molar-refractivity contribution < 1.29 is 9.21 Å². The third-order valence-corrected chi connectivity index (χ3v) is 2.01. The molecule has 0 saturated heterocycles. The standard InChI is InChI=1S/C11H11NO2.H3N/c1-2-5-9(13)11-12-8-6-3-4-7-10(8)14-11;/h3-4,6-7H,2,5H2,1H3;1H3. The highest BCUT2D eigenvalue weighted by Gasteiger charge is 2.12. The molecule has 0 spiro atoms. The first kappa shape index (κ1) is 11.4. The van der Waals surface area contributed by atoms with E-state index in [2.05, 4.69) is 4.98 Å². The van der Waals surface area contributed by atoms with E-state index in [0.29, 0.717) is 12.0 Å². The number of carbonyl (C=O) groups is 1. The van der Waals surface area contributed by atoms with Gasteiger partial charge in [0.15, 0.2) is 5.58 Å². The van der Waals surface area contributed by atoms with Crippen LogP contribution in [0.1, 0.15) is 30.5 Å². The lowest BCUT2D eigenvalue weighted by Gasteiger charge is -1.89. The van der Waals surface area contributed by atoms with Crippen LogP contribution < -0.4 is 6.15 Å². The number of hydrogen-bond acceptors (Lipinski definition) is 4. The molecule has 3 N–H and O–H groups in total. The molecule has 0 radical (unpaired) electrons. The molecule has 80 valence electrons. The van der Waals surface area contributed by atoms with Crippen LogP contribution in [0.5, 0.6) is 0 Å². The Morgan fingerprint density at radius 2 is 2.13 bits per heavy atom. The highest BCUT2D eigenvalue weighted by molar-refractivity contribution is 5.93. The molecule has 4 nitrogen and oxygen atoms in total. The number of ketones is 1. The normalized spacial score (nSPS) is 9.93. The SMILES string of the molecule is CCCC(=O)c1nc2ccccc2o1.N. The molecule has 0 aliphatic carbocycles. The summed E-state index contributed by atoms with van der Waals surface area (Å²) in [5, 5.41) is 0. The van der Waals surface area contributed by atoms with Gasteiger partial charge < -0.3 is 10.6 Å². The Morgan fingerprint density at radius 1 is 1.40 bits per heavy atom. The molecule has 0 aliphatic heterocycles. The summed E-state index contributed by atoms with van der Waals surface area (Å²) in [7, 11) is 0. The third kappa shape index (κ3) is 2.22. The Morgan fingerprint density at radius 3 is 2.80 bits per heavy atom. The van der Waals surface area contributed by atoms with Crippen LogP contribution in [0.2, 0.25) is 0 Å². The number of oxazole rings is 1. The molecule has 0 unspecified atom stereocenters. The average Bonchev–Trinajstić information content (AvgIpc) is 2.61. The van der Waals surface area contributed by atoms with Crippen LogP contribution in [0.25, 0.3) is 11.1 Å². The van der Waals surface area contributed by atoms with E-state index in [0.717, 1.165) is 11.9 Å². The summed E-state index contributed by atoms with van der Waals surface area (Å²) >= 11 is 0. The van der Waals surface area contributed by atoms with E-state index in [4.69, 9.17) is 4.42 Å². The molecular formula is C11H14N2O2. The van der Waals surface area contributed by atoms with E-state index in [-0.39, 0.29) is 17.8 Å². The van der Waals surface area contributed by atoms with Gasteiger partial charge in [-0.15, -0.1) is 0 Å². The van der Waals surface area contributed by atoms with Gasteiger partial charge in [-0.1, -0.05) is 19.1 Å². The molecule has 0 atom stereocenters. The summed E-state index contributed by atoms with van der Waals surface area (Å²) < 4.78 is 5.32. The molecule has 2 rings (SSSR count). The Hall–Kier alpha value is -1.68. The molecule has 0 saturated carbocycles. The van der Waals surface area contributed by atoms with Gasteiger partial charge in [0.2, 0.25) is 5.78 Å². The number of aromatic nitrogens is 1. The van der Waals surface area contributed by atoms with Crippen molar-refractivity contribution in [1.29, 1.82) is 0 Å². The summed E-state index contributed by atoms with van der Waals surface area (Å²) in [6.45, 7) is 1.96. The van der Waals surface area contributed by atoms with Gasteiger partial charge in [0, 0.05) is 6.42 Å². The van der Waals surface area contributed by atoms with Crippen molar-refractivity contribution in [3.8, 4) is 0 Å². The smallest absolute Gasteiger partial charge is 0.264 e. The zero-order chi connectivity index (χ0) is 9.97. The first-order chi connectivity index (χ1) is 6.81. The largest absolute Gasteiger partial charge is 0.434 e. The second-order valence-electron chi connectivity index (χ2n) is 3.16. The molecule has 15 heavy (non-hydrogen) atoms. The van der Waals surface area contributed by atoms with E-state index < -0.39 is 0 Å². The summed E-state index contributed by atoms with van der Waals surface area (Å²) in [6, 6.07) is 7.38. The minimum absolute atomic E-state index is 0. The van der Waals surface area contributed by atoms with Crippen LogP contribution >= 0.6 is 0 Å². The van der Waals surface area contributed by atoms with E-state index in [9.17, 15) is 4.79 Å². The van der Waals surface area contributed by atoms with Crippen LogP contribution in [0.4, 0.5) is 0 Å². The van der Waals surface area contributed by atoms with Gasteiger partial charge >= 0.3 is 0 Å². The molecule has 0 bridgehead atoms. The second kappa shape index (κ2) is 4.70. The Bertz CT molecular complexity index is 429. The van der Waals surface area contributed by atoms with Crippen molar-refractivity contribution in [2.45, 2.75) is 19.8 Å². The summed E-state index contributed by atoms with van der Waals surface area (Å²) in [5.41, 5.74) is 1.42. The van der Waals surface area contributed by atoms with Crippen LogP contribution in [-0.4, -0.2) is 10.8 Å². The number of benzene rings is 1. The fraction of sp³-hybridized carbons (Fsp3) is 0.273. The Balaban J connectivity index is 0.00000112. The zero-order valence-corrected chi connectivity index (χ0v) is 8.69. The Labute approximate surface area is 87.9 Å². The van der Waals surface area contributed by atoms with Crippen molar-refractivity contribution in [2.24, 2.45) is 0 Å². The minimum Gasteiger partial charge on any atom is -0.434 e. The quantitative estimate of drug-likeness (QED) is 0.783. The Kier molecular flexibility index (Phi) is 3.57. The van der Waals surface area contributed by atoms with E-state index in [1.807, 2.05) is 31.2 Å². The lowest BCUT2D eigenvalue weighted by molar-refractivity contribution is 0.0950. The van der Waals surface area contributed by atoms with E-state index in [1.165, 1.54) is 0 Å². The van der Waals surface area contributed by atoms with Crippen molar-refractivity contribution in [2.75, 3.05) is 0 Å². The number of Topliss-reactive ketones (excluding diaryl/α,β-unsaturated/α-hetero) is 1. The first-order valence-corrected chi connectivity index (χ1v) is 4.70. The molecule has 0 aliphatic rings. The van der Waals surface area contributed by atoms with Crippen molar-refractivity contribution in [3.05, 3.63) is 30.2 Å². The van der Waals surface area contributed by atoms with E-state index in [1.54, 1.807) is 0 Å². The number of carbonyl (C=O) groups excluding carboxylic acids is 1. The molecule has 2 aromatic rings. The zero-order valence-electron chi connectivity index (χ0n) is 8.69. The van der Waals surface area contributed by atoms with Gasteiger partial charge in [0.05, 0.1) is 0 Å². The van der Waals surface area contributed by atoms with E-state index >= 15 is 0 Å². The maximum atomic E-state index is 11.5. The molecule has 1 aromatic carbocycles. The highest BCUT2D eigenvalue weighted by atomic mass is 16.4. The lowest BCUT2D eigenvalue weighted by Crippen LogP contribution is -1.97. The van der Waals surface area contributed by atoms with Crippen LogP contribution in [-0.2, 0) is 0 Å². The maximum absolute atomic E-state index is 11.5. The van der Waals surface area contributed by atoms with Crippen LogP contribution in [0, 0.1) is 0 Å². The molecule has 1 aromatic heterocycles. The van der Waals surface area contributed by atoms with Gasteiger partial charge in [-0.3, -0.25) is 4.79 Å². The van der Waals surface area contributed by atoms with Crippen molar-refractivity contribution in [3.63, 3.8) is 0 Å². The molecule has 1 heterocycles. The number of fused-ring (bicyclic) bond motifs is 1. The molecule has 0 amide bonds. The van der Waals surface area contributed by atoms with Gasteiger partial charge in [0.1, 0.15) is 5.52 Å². The van der Waals surface area contributed by atoms with Crippen molar-refractivity contribution >= 4 is 16.9 Å². The fourth-order valence-electron chi connectivity index (χ4n) is 1.33. The summed E-state index contributed by atoms with van der Waals surface area (Å²) in [4.78, 5) is 15.6. The minimum atomic E-state index is -0.0244. The first-order valence-electron chi connectivity index (χ1n) is 4.70. The molecular weight excluding hydrogens is 192 g/mol. The average molecular weight is 206 g/mol. The number of hydrogen-bond donors (Lipinski definition) is 1. The highest BCUT2D eigenvalue weighted by Crippen LogP contribution is 2.15.